The Morgan fingerprint density at radius 3 is 2.52 bits per heavy atom. The molecule has 3 aromatic rings. The van der Waals surface area contributed by atoms with Gasteiger partial charge in [0.1, 0.15) is 22.2 Å². The van der Waals surface area contributed by atoms with Gasteiger partial charge in [0.25, 0.3) is 11.8 Å². The first-order valence-corrected chi connectivity index (χ1v) is 9.11. The molecule has 1 aromatic heterocycles. The Bertz CT molecular complexity index is 980. The maximum absolute atomic E-state index is 12.6. The fraction of sp³-hybridized carbons (Fsp3) is 0.150. The molecule has 0 aliphatic carbocycles. The number of nitrogens with zero attached hydrogens (tertiary/aromatic N) is 1. The second kappa shape index (κ2) is 8.01. The first-order valence-electron chi connectivity index (χ1n) is 8.30. The molecular weight excluding hydrogens is 362 g/mol. The van der Waals surface area contributed by atoms with E-state index in [1.54, 1.807) is 31.2 Å². The number of nitrogens with one attached hydrogen (secondary N) is 1. The van der Waals surface area contributed by atoms with Crippen molar-refractivity contribution < 1.29 is 14.3 Å². The topological polar surface area (TPSA) is 94.3 Å². The highest BCUT2D eigenvalue weighted by atomic mass is 32.1. The third-order valence-electron chi connectivity index (χ3n) is 3.87. The Balaban J connectivity index is 1.71. The van der Waals surface area contributed by atoms with Crippen LogP contribution in [-0.2, 0) is 6.61 Å². The van der Waals surface area contributed by atoms with Crippen LogP contribution in [0.2, 0.25) is 0 Å². The molecule has 7 heteroatoms. The summed E-state index contributed by atoms with van der Waals surface area (Å²) in [6.07, 6.45) is 0. The minimum atomic E-state index is -0.598. The quantitative estimate of drug-likeness (QED) is 0.681. The zero-order valence-electron chi connectivity index (χ0n) is 15.0. The van der Waals surface area contributed by atoms with Gasteiger partial charge < -0.3 is 15.8 Å². The molecule has 6 nitrogen and oxygen atoms in total. The SMILES string of the molecule is Cc1ccc(OCc2nc(C)c(C(=O)Nc3ccccc3C(N)=O)s2)cc1. The van der Waals surface area contributed by atoms with Crippen LogP contribution in [0.25, 0.3) is 0 Å². The van der Waals surface area contributed by atoms with Crippen LogP contribution in [0.15, 0.2) is 48.5 Å². The monoisotopic (exact) mass is 381 g/mol. The van der Waals surface area contributed by atoms with Crippen LogP contribution in [0.4, 0.5) is 5.69 Å². The summed E-state index contributed by atoms with van der Waals surface area (Å²) in [5.41, 5.74) is 7.75. The number of ether oxygens (including phenoxy) is 1. The van der Waals surface area contributed by atoms with Crippen molar-refractivity contribution in [2.24, 2.45) is 5.73 Å². The van der Waals surface area contributed by atoms with Gasteiger partial charge in [-0.3, -0.25) is 9.59 Å². The molecule has 0 unspecified atom stereocenters. The molecule has 0 radical (unpaired) electrons. The van der Waals surface area contributed by atoms with Crippen LogP contribution in [-0.4, -0.2) is 16.8 Å². The maximum Gasteiger partial charge on any atom is 0.267 e. The summed E-state index contributed by atoms with van der Waals surface area (Å²) in [6, 6.07) is 14.3. The van der Waals surface area contributed by atoms with E-state index in [1.807, 2.05) is 31.2 Å². The number of thiazole rings is 1. The number of anilines is 1. The zero-order chi connectivity index (χ0) is 19.4. The Morgan fingerprint density at radius 1 is 1.11 bits per heavy atom. The highest BCUT2D eigenvalue weighted by Crippen LogP contribution is 2.23. The molecule has 2 amide bonds. The van der Waals surface area contributed by atoms with E-state index < -0.39 is 5.91 Å². The first-order chi connectivity index (χ1) is 12.9. The Labute approximate surface area is 161 Å². The normalized spacial score (nSPS) is 10.4. The summed E-state index contributed by atoms with van der Waals surface area (Å²) < 4.78 is 5.72. The summed E-state index contributed by atoms with van der Waals surface area (Å²) in [6.45, 7) is 4.05. The number of primary amides is 1. The minimum Gasteiger partial charge on any atom is -0.486 e. The van der Waals surface area contributed by atoms with Crippen molar-refractivity contribution in [1.29, 1.82) is 0 Å². The summed E-state index contributed by atoms with van der Waals surface area (Å²) in [4.78, 5) is 29.0. The lowest BCUT2D eigenvalue weighted by Gasteiger charge is -2.07. The molecule has 0 fully saturated rings. The van der Waals surface area contributed by atoms with Crippen LogP contribution in [0.5, 0.6) is 5.75 Å². The number of hydrogen-bond acceptors (Lipinski definition) is 5. The molecule has 0 bridgehead atoms. The van der Waals surface area contributed by atoms with Gasteiger partial charge in [-0.1, -0.05) is 29.8 Å². The van der Waals surface area contributed by atoms with Crippen molar-refractivity contribution in [3.8, 4) is 5.75 Å². The Hall–Kier alpha value is -3.19. The average molecular weight is 381 g/mol. The summed E-state index contributed by atoms with van der Waals surface area (Å²) in [7, 11) is 0. The number of hydrogen-bond donors (Lipinski definition) is 2. The van der Waals surface area contributed by atoms with Crippen molar-refractivity contribution in [3.05, 3.63) is 75.2 Å². The number of nitrogens with two attached hydrogens (primary N) is 1. The Morgan fingerprint density at radius 2 is 1.81 bits per heavy atom. The molecule has 0 saturated carbocycles. The molecule has 0 atom stereocenters. The van der Waals surface area contributed by atoms with E-state index in [4.69, 9.17) is 10.5 Å². The minimum absolute atomic E-state index is 0.260. The first kappa shape index (κ1) is 18.6. The summed E-state index contributed by atoms with van der Waals surface area (Å²) in [5.74, 6) is -0.186. The van der Waals surface area contributed by atoms with Crippen LogP contribution in [0, 0.1) is 13.8 Å². The van der Waals surface area contributed by atoms with E-state index in [2.05, 4.69) is 10.3 Å². The van der Waals surface area contributed by atoms with Gasteiger partial charge in [-0.25, -0.2) is 4.98 Å². The number of rotatable bonds is 6. The van der Waals surface area contributed by atoms with Crippen molar-refractivity contribution in [3.63, 3.8) is 0 Å². The number of aryl methyl sites for hydroxylation is 2. The average Bonchev–Trinajstić information content (AvgIpc) is 3.02. The molecule has 1 heterocycles. The molecule has 3 N–H and O–H groups in total. The lowest BCUT2D eigenvalue weighted by molar-refractivity contribution is 0.100. The number of carbonyl (C=O) groups excluding carboxylic acids is 2. The molecule has 0 spiro atoms. The number of aromatic nitrogens is 1. The molecule has 2 aromatic carbocycles. The van der Waals surface area contributed by atoms with E-state index in [1.165, 1.54) is 11.3 Å². The predicted octanol–water partition coefficient (Wildman–Crippen LogP) is 3.69. The largest absolute Gasteiger partial charge is 0.486 e. The van der Waals surface area contributed by atoms with E-state index in [9.17, 15) is 9.59 Å². The van der Waals surface area contributed by atoms with Crippen LogP contribution in [0.1, 0.15) is 36.3 Å². The molecule has 27 heavy (non-hydrogen) atoms. The van der Waals surface area contributed by atoms with Gasteiger partial charge in [0.15, 0.2) is 0 Å². The molecule has 138 valence electrons. The molecule has 0 aliphatic heterocycles. The van der Waals surface area contributed by atoms with Crippen LogP contribution >= 0.6 is 11.3 Å². The number of carbonyl (C=O) groups is 2. The summed E-state index contributed by atoms with van der Waals surface area (Å²) >= 11 is 1.26. The van der Waals surface area contributed by atoms with Crippen molar-refractivity contribution in [1.82, 2.24) is 4.98 Å². The fourth-order valence-electron chi connectivity index (χ4n) is 2.49. The van der Waals surface area contributed by atoms with Gasteiger partial charge >= 0.3 is 0 Å². The van der Waals surface area contributed by atoms with Gasteiger partial charge in [0, 0.05) is 0 Å². The van der Waals surface area contributed by atoms with Crippen molar-refractivity contribution in [2.45, 2.75) is 20.5 Å². The molecular formula is C20H19N3O3S. The molecule has 0 saturated heterocycles. The van der Waals surface area contributed by atoms with Gasteiger partial charge in [0.05, 0.1) is 16.9 Å². The van der Waals surface area contributed by atoms with Gasteiger partial charge in [-0.15, -0.1) is 11.3 Å². The molecule has 3 rings (SSSR count). The second-order valence-corrected chi connectivity index (χ2v) is 7.07. The third kappa shape index (κ3) is 4.51. The fourth-order valence-corrected chi connectivity index (χ4v) is 3.36. The van der Waals surface area contributed by atoms with E-state index in [-0.39, 0.29) is 18.1 Å². The summed E-state index contributed by atoms with van der Waals surface area (Å²) in [5, 5.41) is 3.43. The standard InChI is InChI=1S/C20H19N3O3S/c1-12-7-9-14(10-8-12)26-11-17-22-13(2)18(27-17)20(25)23-16-6-4-3-5-15(16)19(21)24/h3-10H,11H2,1-2H3,(H2,21,24)(H,23,25). The van der Waals surface area contributed by atoms with Gasteiger partial charge in [0.2, 0.25) is 0 Å². The lowest BCUT2D eigenvalue weighted by atomic mass is 10.1. The molecule has 0 aliphatic rings. The van der Waals surface area contributed by atoms with Crippen molar-refractivity contribution in [2.75, 3.05) is 5.32 Å². The zero-order valence-corrected chi connectivity index (χ0v) is 15.8. The van der Waals surface area contributed by atoms with Crippen molar-refractivity contribution >= 4 is 28.8 Å². The third-order valence-corrected chi connectivity index (χ3v) is 5.00. The van der Waals surface area contributed by atoms with E-state index >= 15 is 0 Å². The number of amides is 2. The number of benzene rings is 2. The van der Waals surface area contributed by atoms with Gasteiger partial charge in [-0.05, 0) is 38.1 Å². The van der Waals surface area contributed by atoms with Crippen LogP contribution in [0.3, 0.4) is 0 Å². The maximum atomic E-state index is 12.6. The lowest BCUT2D eigenvalue weighted by Crippen LogP contribution is -2.18. The van der Waals surface area contributed by atoms with Crippen LogP contribution < -0.4 is 15.8 Å². The highest BCUT2D eigenvalue weighted by Gasteiger charge is 2.18. The number of para-hydroxylation sites is 1. The van der Waals surface area contributed by atoms with E-state index in [0.29, 0.717) is 21.3 Å². The second-order valence-electron chi connectivity index (χ2n) is 5.99. The van der Waals surface area contributed by atoms with E-state index in [0.717, 1.165) is 11.3 Å². The van der Waals surface area contributed by atoms with Gasteiger partial charge in [-0.2, -0.15) is 0 Å². The Kier molecular flexibility index (Phi) is 5.52. The highest BCUT2D eigenvalue weighted by molar-refractivity contribution is 7.13. The smallest absolute Gasteiger partial charge is 0.267 e. The predicted molar refractivity (Wildman–Crippen MR) is 105 cm³/mol.